The zero-order chi connectivity index (χ0) is 15.4. The van der Waals surface area contributed by atoms with Gasteiger partial charge in [0.25, 0.3) is 0 Å². The molecule has 0 aliphatic heterocycles. The second-order valence-electron chi connectivity index (χ2n) is 4.82. The van der Waals surface area contributed by atoms with Gasteiger partial charge < -0.3 is 15.4 Å². The van der Waals surface area contributed by atoms with Crippen molar-refractivity contribution in [2.24, 2.45) is 5.73 Å². The van der Waals surface area contributed by atoms with E-state index in [0.29, 0.717) is 12.1 Å². The van der Waals surface area contributed by atoms with Crippen molar-refractivity contribution in [3.63, 3.8) is 0 Å². The lowest BCUT2D eigenvalue weighted by molar-refractivity contribution is 0.415. The number of nitrogens with zero attached hydrogens (tertiary/aromatic N) is 1. The number of hydrogen-bond acceptors (Lipinski definition) is 3. The van der Waals surface area contributed by atoms with Crippen molar-refractivity contribution < 1.29 is 9.13 Å². The third kappa shape index (κ3) is 3.72. The Kier molecular flexibility index (Phi) is 4.42. The van der Waals surface area contributed by atoms with Crippen molar-refractivity contribution >= 4 is 11.5 Å². The Morgan fingerprint density at radius 3 is 2.71 bits per heavy atom. The standard InChI is InChI=1S/C16H18FN3O/c1-20(14-4-3-5-15(9-14)21-2)10-11-6-12(16(18)19)8-13(17)7-11/h3-9H,10H2,1-2H3,(H3,18,19). The lowest BCUT2D eigenvalue weighted by Crippen LogP contribution is -2.18. The van der Waals surface area contributed by atoms with Gasteiger partial charge in [0.1, 0.15) is 17.4 Å². The number of anilines is 1. The molecule has 0 saturated carbocycles. The number of nitrogens with two attached hydrogens (primary N) is 1. The summed E-state index contributed by atoms with van der Waals surface area (Å²) in [5, 5.41) is 7.41. The Balaban J connectivity index is 2.22. The van der Waals surface area contributed by atoms with Crippen molar-refractivity contribution in [1.29, 1.82) is 5.41 Å². The van der Waals surface area contributed by atoms with E-state index >= 15 is 0 Å². The number of amidine groups is 1. The molecule has 21 heavy (non-hydrogen) atoms. The minimum Gasteiger partial charge on any atom is -0.497 e. The summed E-state index contributed by atoms with van der Waals surface area (Å²) >= 11 is 0. The fourth-order valence-corrected chi connectivity index (χ4v) is 2.11. The number of methoxy groups -OCH3 is 1. The van der Waals surface area contributed by atoms with Crippen LogP contribution in [-0.4, -0.2) is 20.0 Å². The van der Waals surface area contributed by atoms with Crippen LogP contribution in [0.5, 0.6) is 5.75 Å². The zero-order valence-electron chi connectivity index (χ0n) is 12.1. The largest absolute Gasteiger partial charge is 0.497 e. The summed E-state index contributed by atoms with van der Waals surface area (Å²) in [6.07, 6.45) is 0. The molecular formula is C16H18FN3O. The van der Waals surface area contributed by atoms with Gasteiger partial charge in [0.15, 0.2) is 0 Å². The number of halogens is 1. The number of benzene rings is 2. The van der Waals surface area contributed by atoms with E-state index in [1.807, 2.05) is 36.2 Å². The first kappa shape index (κ1) is 14.8. The molecule has 0 unspecified atom stereocenters. The summed E-state index contributed by atoms with van der Waals surface area (Å²) in [6, 6.07) is 12.1. The Hall–Kier alpha value is -2.56. The van der Waals surface area contributed by atoms with Crippen LogP contribution in [0.1, 0.15) is 11.1 Å². The van der Waals surface area contributed by atoms with Crippen LogP contribution in [0.3, 0.4) is 0 Å². The molecule has 0 atom stereocenters. The number of hydrogen-bond donors (Lipinski definition) is 2. The van der Waals surface area contributed by atoms with Crippen molar-refractivity contribution in [2.45, 2.75) is 6.54 Å². The molecule has 5 heteroatoms. The maximum absolute atomic E-state index is 13.6. The molecule has 2 rings (SSSR count). The van der Waals surface area contributed by atoms with E-state index < -0.39 is 5.82 Å². The van der Waals surface area contributed by atoms with Crippen LogP contribution in [-0.2, 0) is 6.54 Å². The SMILES string of the molecule is COc1cccc(N(C)Cc2cc(F)cc(C(=N)N)c2)c1. The van der Waals surface area contributed by atoms with E-state index in [2.05, 4.69) is 0 Å². The highest BCUT2D eigenvalue weighted by molar-refractivity contribution is 5.95. The van der Waals surface area contributed by atoms with Gasteiger partial charge in [-0.3, -0.25) is 5.41 Å². The summed E-state index contributed by atoms with van der Waals surface area (Å²) in [5.74, 6) is 0.236. The third-order valence-corrected chi connectivity index (χ3v) is 3.18. The molecule has 0 radical (unpaired) electrons. The van der Waals surface area contributed by atoms with E-state index in [4.69, 9.17) is 15.9 Å². The fraction of sp³-hybridized carbons (Fsp3) is 0.188. The Morgan fingerprint density at radius 2 is 2.05 bits per heavy atom. The molecule has 2 aromatic carbocycles. The van der Waals surface area contributed by atoms with Crippen LogP contribution >= 0.6 is 0 Å². The van der Waals surface area contributed by atoms with E-state index in [1.54, 1.807) is 13.2 Å². The van der Waals surface area contributed by atoms with Crippen molar-refractivity contribution in [2.75, 3.05) is 19.1 Å². The average Bonchev–Trinajstić information content (AvgIpc) is 2.46. The second kappa shape index (κ2) is 6.26. The summed E-state index contributed by atoms with van der Waals surface area (Å²) in [5.41, 5.74) is 7.53. The molecule has 0 heterocycles. The van der Waals surface area contributed by atoms with Gasteiger partial charge in [-0.05, 0) is 35.9 Å². The summed E-state index contributed by atoms with van der Waals surface area (Å²) in [7, 11) is 3.53. The van der Waals surface area contributed by atoms with Gasteiger partial charge >= 0.3 is 0 Å². The van der Waals surface area contributed by atoms with Crippen molar-refractivity contribution in [3.8, 4) is 5.75 Å². The summed E-state index contributed by atoms with van der Waals surface area (Å²) < 4.78 is 18.8. The first-order valence-electron chi connectivity index (χ1n) is 6.48. The molecule has 0 bridgehead atoms. The molecule has 0 fully saturated rings. The lowest BCUT2D eigenvalue weighted by Gasteiger charge is -2.20. The van der Waals surface area contributed by atoms with E-state index in [1.165, 1.54) is 12.1 Å². The van der Waals surface area contributed by atoms with Crippen LogP contribution in [0.25, 0.3) is 0 Å². The van der Waals surface area contributed by atoms with E-state index in [9.17, 15) is 4.39 Å². The first-order chi connectivity index (χ1) is 9.99. The molecule has 0 aliphatic rings. The van der Waals surface area contributed by atoms with Crippen LogP contribution in [0, 0.1) is 11.2 Å². The lowest BCUT2D eigenvalue weighted by atomic mass is 10.1. The number of ether oxygens (including phenoxy) is 1. The van der Waals surface area contributed by atoms with Crippen LogP contribution < -0.4 is 15.4 Å². The van der Waals surface area contributed by atoms with Gasteiger partial charge in [-0.1, -0.05) is 6.07 Å². The molecular weight excluding hydrogens is 269 g/mol. The quantitative estimate of drug-likeness (QED) is 0.656. The number of nitrogen functional groups attached to an aromatic ring is 1. The zero-order valence-corrected chi connectivity index (χ0v) is 12.1. The fourth-order valence-electron chi connectivity index (χ4n) is 2.11. The minimum absolute atomic E-state index is 0.139. The molecule has 0 amide bonds. The van der Waals surface area contributed by atoms with E-state index in [0.717, 1.165) is 17.0 Å². The first-order valence-corrected chi connectivity index (χ1v) is 6.48. The molecule has 2 aromatic rings. The predicted molar refractivity (Wildman–Crippen MR) is 82.5 cm³/mol. The highest BCUT2D eigenvalue weighted by Crippen LogP contribution is 2.22. The normalized spacial score (nSPS) is 10.2. The molecule has 0 spiro atoms. The highest BCUT2D eigenvalue weighted by Gasteiger charge is 2.07. The number of rotatable bonds is 5. The van der Waals surface area contributed by atoms with E-state index in [-0.39, 0.29) is 5.84 Å². The third-order valence-electron chi connectivity index (χ3n) is 3.18. The number of nitrogens with one attached hydrogen (secondary N) is 1. The molecule has 0 saturated heterocycles. The maximum atomic E-state index is 13.6. The molecule has 0 aliphatic carbocycles. The van der Waals surface area contributed by atoms with Gasteiger partial charge in [-0.15, -0.1) is 0 Å². The van der Waals surface area contributed by atoms with Gasteiger partial charge in [-0.2, -0.15) is 0 Å². The topological polar surface area (TPSA) is 62.3 Å². The average molecular weight is 287 g/mol. The van der Waals surface area contributed by atoms with Gasteiger partial charge in [0, 0.05) is 30.9 Å². The highest BCUT2D eigenvalue weighted by atomic mass is 19.1. The van der Waals surface area contributed by atoms with Crippen molar-refractivity contribution in [3.05, 3.63) is 59.4 Å². The Morgan fingerprint density at radius 1 is 1.29 bits per heavy atom. The van der Waals surface area contributed by atoms with Crippen LogP contribution in [0.15, 0.2) is 42.5 Å². The van der Waals surface area contributed by atoms with Gasteiger partial charge in [-0.25, -0.2) is 4.39 Å². The molecule has 4 nitrogen and oxygen atoms in total. The predicted octanol–water partition coefficient (Wildman–Crippen LogP) is 2.75. The van der Waals surface area contributed by atoms with Gasteiger partial charge in [0.2, 0.25) is 0 Å². The smallest absolute Gasteiger partial charge is 0.124 e. The summed E-state index contributed by atoms with van der Waals surface area (Å²) in [6.45, 7) is 0.505. The monoisotopic (exact) mass is 287 g/mol. The minimum atomic E-state index is -0.392. The Bertz CT molecular complexity index is 658. The maximum Gasteiger partial charge on any atom is 0.124 e. The van der Waals surface area contributed by atoms with Crippen molar-refractivity contribution in [1.82, 2.24) is 0 Å². The molecule has 0 aromatic heterocycles. The Labute approximate surface area is 123 Å². The second-order valence-corrected chi connectivity index (χ2v) is 4.82. The van der Waals surface area contributed by atoms with Crippen LogP contribution in [0.2, 0.25) is 0 Å². The molecule has 110 valence electrons. The molecule has 3 N–H and O–H groups in total. The summed E-state index contributed by atoms with van der Waals surface area (Å²) in [4.78, 5) is 1.97. The van der Waals surface area contributed by atoms with Gasteiger partial charge in [0.05, 0.1) is 7.11 Å². The van der Waals surface area contributed by atoms with Crippen LogP contribution in [0.4, 0.5) is 10.1 Å².